The van der Waals surface area contributed by atoms with Crippen molar-refractivity contribution >= 4 is 35.2 Å². The van der Waals surface area contributed by atoms with Crippen LogP contribution in [0.2, 0.25) is 5.02 Å². The van der Waals surface area contributed by atoms with E-state index in [1.165, 1.54) is 18.2 Å². The van der Waals surface area contributed by atoms with Crippen molar-refractivity contribution in [2.24, 2.45) is 0 Å². The third kappa shape index (κ3) is 5.70. The van der Waals surface area contributed by atoms with E-state index in [1.807, 2.05) is 0 Å². The molecule has 0 aliphatic heterocycles. The predicted octanol–water partition coefficient (Wildman–Crippen LogP) is 1.68. The highest BCUT2D eigenvalue weighted by Gasteiger charge is 2.11. The summed E-state index contributed by atoms with van der Waals surface area (Å²) in [5.74, 6) is -1.51. The number of anilines is 1. The van der Waals surface area contributed by atoms with Gasteiger partial charge in [-0.3, -0.25) is 4.79 Å². The van der Waals surface area contributed by atoms with E-state index in [4.69, 9.17) is 16.7 Å². The van der Waals surface area contributed by atoms with E-state index in [0.717, 1.165) is 0 Å². The molecule has 1 rings (SSSR count). The molecule has 8 heteroatoms. The van der Waals surface area contributed by atoms with Gasteiger partial charge in [0.2, 0.25) is 5.91 Å². The maximum absolute atomic E-state index is 11.6. The third-order valence-corrected chi connectivity index (χ3v) is 2.64. The molecule has 0 saturated heterocycles. The number of benzene rings is 1. The second kappa shape index (κ2) is 7.49. The Morgan fingerprint density at radius 1 is 1.29 bits per heavy atom. The van der Waals surface area contributed by atoms with Crippen LogP contribution in [0.4, 0.5) is 10.5 Å². The number of nitrogens with one attached hydrogen (secondary N) is 3. The summed E-state index contributed by atoms with van der Waals surface area (Å²) in [5.41, 5.74) is 0.144. The third-order valence-electron chi connectivity index (χ3n) is 2.31. The van der Waals surface area contributed by atoms with Crippen molar-refractivity contribution in [3.63, 3.8) is 0 Å². The molecule has 1 aromatic rings. The summed E-state index contributed by atoms with van der Waals surface area (Å²) >= 11 is 5.72. The minimum atomic E-state index is -1.19. The van der Waals surface area contributed by atoms with Gasteiger partial charge in [0.25, 0.3) is 0 Å². The average molecular weight is 314 g/mol. The molecule has 0 unspecified atom stereocenters. The van der Waals surface area contributed by atoms with Crippen LogP contribution in [0.1, 0.15) is 24.2 Å². The standard InChI is InChI=1S/C13H16ClN3O4/c1-7(2)16-11(18)6-15-13(21)17-8-3-4-10(14)9(5-8)12(19)20/h3-5,7H,6H2,1-2H3,(H,16,18)(H,19,20)(H2,15,17,21). The van der Waals surface area contributed by atoms with Gasteiger partial charge in [0, 0.05) is 11.7 Å². The fourth-order valence-electron chi connectivity index (χ4n) is 1.48. The minimum absolute atomic E-state index is 0.0169. The molecule has 0 bridgehead atoms. The number of urea groups is 1. The molecule has 0 saturated carbocycles. The van der Waals surface area contributed by atoms with Gasteiger partial charge in [0.1, 0.15) is 0 Å². The van der Waals surface area contributed by atoms with Crippen LogP contribution in [0.5, 0.6) is 0 Å². The van der Waals surface area contributed by atoms with E-state index in [9.17, 15) is 14.4 Å². The first kappa shape index (κ1) is 16.8. The molecule has 1 aromatic carbocycles. The quantitative estimate of drug-likeness (QED) is 0.663. The Labute approximate surface area is 126 Å². The summed E-state index contributed by atoms with van der Waals surface area (Å²) in [6, 6.07) is 3.43. The average Bonchev–Trinajstić information content (AvgIpc) is 2.37. The van der Waals surface area contributed by atoms with Gasteiger partial charge in [-0.2, -0.15) is 0 Å². The Balaban J connectivity index is 2.57. The molecule has 0 atom stereocenters. The molecule has 114 valence electrons. The smallest absolute Gasteiger partial charge is 0.337 e. The fourth-order valence-corrected chi connectivity index (χ4v) is 1.67. The normalized spacial score (nSPS) is 10.1. The van der Waals surface area contributed by atoms with E-state index in [2.05, 4.69) is 16.0 Å². The van der Waals surface area contributed by atoms with E-state index in [1.54, 1.807) is 13.8 Å². The van der Waals surface area contributed by atoms with Crippen molar-refractivity contribution in [2.75, 3.05) is 11.9 Å². The lowest BCUT2D eigenvalue weighted by Gasteiger charge is -2.10. The van der Waals surface area contributed by atoms with Gasteiger partial charge >= 0.3 is 12.0 Å². The highest BCUT2D eigenvalue weighted by molar-refractivity contribution is 6.33. The summed E-state index contributed by atoms with van der Waals surface area (Å²) < 4.78 is 0. The first-order valence-electron chi connectivity index (χ1n) is 6.16. The minimum Gasteiger partial charge on any atom is -0.478 e. The Morgan fingerprint density at radius 2 is 1.95 bits per heavy atom. The maximum atomic E-state index is 11.6. The molecule has 0 aromatic heterocycles. The van der Waals surface area contributed by atoms with Crippen molar-refractivity contribution in [2.45, 2.75) is 19.9 Å². The lowest BCUT2D eigenvalue weighted by atomic mass is 10.2. The van der Waals surface area contributed by atoms with Gasteiger partial charge in [-0.15, -0.1) is 0 Å². The first-order valence-corrected chi connectivity index (χ1v) is 6.54. The SMILES string of the molecule is CC(C)NC(=O)CNC(=O)Nc1ccc(Cl)c(C(=O)O)c1. The molecular formula is C13H16ClN3O4. The van der Waals surface area contributed by atoms with E-state index < -0.39 is 12.0 Å². The van der Waals surface area contributed by atoms with Crippen LogP contribution in [0.15, 0.2) is 18.2 Å². The molecule has 0 fully saturated rings. The van der Waals surface area contributed by atoms with Crippen molar-refractivity contribution in [1.82, 2.24) is 10.6 Å². The number of rotatable bonds is 5. The van der Waals surface area contributed by atoms with Crippen molar-refractivity contribution < 1.29 is 19.5 Å². The Morgan fingerprint density at radius 3 is 2.52 bits per heavy atom. The maximum Gasteiger partial charge on any atom is 0.337 e. The van der Waals surface area contributed by atoms with Crippen LogP contribution in [-0.4, -0.2) is 35.6 Å². The predicted molar refractivity (Wildman–Crippen MR) is 78.7 cm³/mol. The van der Waals surface area contributed by atoms with E-state index in [-0.39, 0.29) is 34.8 Å². The number of aromatic carboxylic acids is 1. The Bertz CT molecular complexity index is 560. The zero-order valence-electron chi connectivity index (χ0n) is 11.6. The number of carboxylic acids is 1. The van der Waals surface area contributed by atoms with Crippen molar-refractivity contribution in [1.29, 1.82) is 0 Å². The van der Waals surface area contributed by atoms with Gasteiger partial charge in [-0.05, 0) is 32.0 Å². The number of hydrogen-bond acceptors (Lipinski definition) is 3. The topological polar surface area (TPSA) is 108 Å². The van der Waals surface area contributed by atoms with Crippen molar-refractivity contribution in [3.05, 3.63) is 28.8 Å². The highest BCUT2D eigenvalue weighted by Crippen LogP contribution is 2.20. The summed E-state index contributed by atoms with van der Waals surface area (Å²) in [6.07, 6.45) is 0. The molecule has 21 heavy (non-hydrogen) atoms. The van der Waals surface area contributed by atoms with Gasteiger partial charge in [0.15, 0.2) is 0 Å². The van der Waals surface area contributed by atoms with Crippen LogP contribution in [0, 0.1) is 0 Å². The van der Waals surface area contributed by atoms with Crippen LogP contribution in [0.3, 0.4) is 0 Å². The molecule has 0 heterocycles. The molecule has 7 nitrogen and oxygen atoms in total. The molecule has 0 spiro atoms. The van der Waals surface area contributed by atoms with Crippen LogP contribution in [-0.2, 0) is 4.79 Å². The molecular weight excluding hydrogens is 298 g/mol. The molecule has 3 amide bonds. The van der Waals surface area contributed by atoms with E-state index in [0.29, 0.717) is 0 Å². The second-order valence-electron chi connectivity index (χ2n) is 4.53. The molecule has 0 radical (unpaired) electrons. The largest absolute Gasteiger partial charge is 0.478 e. The lowest BCUT2D eigenvalue weighted by Crippen LogP contribution is -2.41. The first-order chi connectivity index (χ1) is 9.79. The van der Waals surface area contributed by atoms with E-state index >= 15 is 0 Å². The second-order valence-corrected chi connectivity index (χ2v) is 4.94. The monoisotopic (exact) mass is 313 g/mol. The number of hydrogen-bond donors (Lipinski definition) is 4. The number of amides is 3. The lowest BCUT2D eigenvalue weighted by molar-refractivity contribution is -0.120. The van der Waals surface area contributed by atoms with Crippen LogP contribution < -0.4 is 16.0 Å². The fraction of sp³-hybridized carbons (Fsp3) is 0.308. The number of carbonyl (C=O) groups is 3. The summed E-state index contributed by atoms with van der Waals surface area (Å²) in [7, 11) is 0. The zero-order chi connectivity index (χ0) is 16.0. The van der Waals surface area contributed by atoms with Gasteiger partial charge in [0.05, 0.1) is 17.1 Å². The number of carbonyl (C=O) groups excluding carboxylic acids is 2. The van der Waals surface area contributed by atoms with Gasteiger partial charge in [-0.1, -0.05) is 11.6 Å². The zero-order valence-corrected chi connectivity index (χ0v) is 12.3. The number of carboxylic acid groups (broad SMARTS) is 1. The van der Waals surface area contributed by atoms with Crippen molar-refractivity contribution in [3.8, 4) is 0 Å². The Hall–Kier alpha value is -2.28. The summed E-state index contributed by atoms with van der Waals surface area (Å²) in [4.78, 5) is 33.8. The number of halogens is 1. The Kier molecular flexibility index (Phi) is 5.98. The van der Waals surface area contributed by atoms with Crippen LogP contribution >= 0.6 is 11.6 Å². The van der Waals surface area contributed by atoms with Gasteiger partial charge < -0.3 is 21.1 Å². The molecule has 0 aliphatic carbocycles. The van der Waals surface area contributed by atoms with Gasteiger partial charge in [-0.25, -0.2) is 9.59 Å². The molecule has 4 N–H and O–H groups in total. The molecule has 0 aliphatic rings. The summed E-state index contributed by atoms with van der Waals surface area (Å²) in [6.45, 7) is 3.43. The van der Waals surface area contributed by atoms with Crippen LogP contribution in [0.25, 0.3) is 0 Å². The highest BCUT2D eigenvalue weighted by atomic mass is 35.5. The summed E-state index contributed by atoms with van der Waals surface area (Å²) in [5, 5.41) is 16.4.